The highest BCUT2D eigenvalue weighted by molar-refractivity contribution is 5.80. The maximum atomic E-state index is 14.6. The molecule has 0 spiro atoms. The van der Waals surface area contributed by atoms with Crippen LogP contribution in [-0.4, -0.2) is 39.6 Å². The van der Waals surface area contributed by atoms with Crippen molar-refractivity contribution < 1.29 is 17.6 Å². The molecule has 1 atom stereocenters. The lowest BCUT2D eigenvalue weighted by Crippen LogP contribution is -2.55. The summed E-state index contributed by atoms with van der Waals surface area (Å²) in [4.78, 5) is 13.3. The normalized spacial score (nSPS) is 18.8. The number of anilines is 1. The molecule has 0 unspecified atom stereocenters. The zero-order valence-corrected chi connectivity index (χ0v) is 15.1. The monoisotopic (exact) mass is 404 g/mol. The fourth-order valence-corrected chi connectivity index (χ4v) is 3.42. The number of benzene rings is 1. The lowest BCUT2D eigenvalue weighted by atomic mass is 10.0. The van der Waals surface area contributed by atoms with Crippen molar-refractivity contribution in [1.29, 1.82) is 0 Å². The third-order valence-corrected chi connectivity index (χ3v) is 4.96. The van der Waals surface area contributed by atoms with Gasteiger partial charge in [0.25, 0.3) is 5.92 Å². The quantitative estimate of drug-likeness (QED) is 0.536. The maximum absolute atomic E-state index is 14.6. The van der Waals surface area contributed by atoms with E-state index < -0.39 is 30.0 Å². The van der Waals surface area contributed by atoms with Crippen LogP contribution in [0.2, 0.25) is 0 Å². The van der Waals surface area contributed by atoms with Crippen LogP contribution in [0.4, 0.5) is 29.2 Å². The highest BCUT2D eigenvalue weighted by Crippen LogP contribution is 2.32. The van der Waals surface area contributed by atoms with E-state index in [0.717, 1.165) is 12.1 Å². The second-order valence-corrected chi connectivity index (χ2v) is 6.94. The van der Waals surface area contributed by atoms with E-state index in [9.17, 15) is 17.6 Å². The fraction of sp³-hybridized carbons (Fsp3) is 0.316. The summed E-state index contributed by atoms with van der Waals surface area (Å²) in [6.45, 7) is 6.85. The first-order valence-electron chi connectivity index (χ1n) is 8.84. The Hall–Kier alpha value is -3.19. The van der Waals surface area contributed by atoms with Crippen LogP contribution in [0.15, 0.2) is 30.5 Å². The summed E-state index contributed by atoms with van der Waals surface area (Å²) >= 11 is 0. The molecule has 0 radical (unpaired) electrons. The number of halogens is 4. The van der Waals surface area contributed by atoms with Gasteiger partial charge in [-0.25, -0.2) is 27.4 Å². The average molecular weight is 404 g/mol. The Balaban J connectivity index is 1.80. The molecule has 1 saturated heterocycles. The number of nitrogens with two attached hydrogens (primary N) is 1. The van der Waals surface area contributed by atoms with Crippen LogP contribution in [0, 0.1) is 18.2 Å². The molecular weight excluding hydrogens is 388 g/mol. The minimum absolute atomic E-state index is 0.0296. The molecule has 6 nitrogen and oxygen atoms in total. The molecular formula is C19H16F4N6. The van der Waals surface area contributed by atoms with Gasteiger partial charge in [-0.15, -0.1) is 0 Å². The number of pyridine rings is 1. The van der Waals surface area contributed by atoms with Crippen LogP contribution in [0.1, 0.15) is 12.1 Å². The Bertz CT molecular complexity index is 1100. The number of imidazole rings is 1. The van der Waals surface area contributed by atoms with Crippen molar-refractivity contribution in [2.24, 2.45) is 5.73 Å². The third-order valence-electron chi connectivity index (χ3n) is 4.96. The van der Waals surface area contributed by atoms with Gasteiger partial charge < -0.3 is 15.2 Å². The van der Waals surface area contributed by atoms with E-state index in [2.05, 4.69) is 14.8 Å². The van der Waals surface area contributed by atoms with Crippen molar-refractivity contribution in [3.05, 3.63) is 59.2 Å². The van der Waals surface area contributed by atoms with Crippen molar-refractivity contribution >= 4 is 22.7 Å². The lowest BCUT2D eigenvalue weighted by Gasteiger charge is -2.37. The molecule has 1 aliphatic rings. The molecule has 29 heavy (non-hydrogen) atoms. The number of fused-ring (bicyclic) bond motifs is 1. The topological polar surface area (TPSA) is 64.3 Å². The van der Waals surface area contributed by atoms with Crippen LogP contribution in [0.3, 0.4) is 0 Å². The number of nitrogens with zero attached hydrogens (tertiary/aromatic N) is 5. The number of hydrogen-bond acceptors (Lipinski definition) is 4. The first kappa shape index (κ1) is 19.1. The minimum Gasteiger partial charge on any atom is -0.340 e. The van der Waals surface area contributed by atoms with Crippen molar-refractivity contribution in [1.82, 2.24) is 14.5 Å². The molecule has 3 heterocycles. The number of hydrogen-bond donors (Lipinski definition) is 1. The van der Waals surface area contributed by atoms with Gasteiger partial charge in [-0.1, -0.05) is 6.07 Å². The summed E-state index contributed by atoms with van der Waals surface area (Å²) in [5.41, 5.74) is 6.59. The third kappa shape index (κ3) is 3.49. The second-order valence-electron chi connectivity index (χ2n) is 6.94. The van der Waals surface area contributed by atoms with Crippen molar-refractivity contribution in [2.45, 2.75) is 24.9 Å². The van der Waals surface area contributed by atoms with E-state index in [4.69, 9.17) is 12.3 Å². The summed E-state index contributed by atoms with van der Waals surface area (Å²) in [5, 5.41) is 0. The van der Waals surface area contributed by atoms with Crippen molar-refractivity contribution in [2.75, 3.05) is 18.0 Å². The summed E-state index contributed by atoms with van der Waals surface area (Å²) in [6.07, 6.45) is 0.917. The lowest BCUT2D eigenvalue weighted by molar-refractivity contribution is -0.0395. The number of alkyl halides is 2. The van der Waals surface area contributed by atoms with Crippen LogP contribution < -0.4 is 10.6 Å². The molecule has 150 valence electrons. The molecule has 1 aromatic carbocycles. The van der Waals surface area contributed by atoms with Gasteiger partial charge in [-0.2, -0.15) is 0 Å². The molecule has 0 amide bonds. The molecule has 0 bridgehead atoms. The average Bonchev–Trinajstić information content (AvgIpc) is 3.03. The molecule has 2 N–H and O–H groups in total. The number of rotatable bonds is 3. The smallest absolute Gasteiger partial charge is 0.266 e. The molecule has 3 aromatic rings. The zero-order valence-electron chi connectivity index (χ0n) is 15.1. The molecule has 0 aliphatic carbocycles. The Morgan fingerprint density at radius 1 is 1.28 bits per heavy atom. The van der Waals surface area contributed by atoms with E-state index in [-0.39, 0.29) is 36.6 Å². The molecule has 1 fully saturated rings. The van der Waals surface area contributed by atoms with Crippen LogP contribution in [-0.2, 0) is 6.54 Å². The van der Waals surface area contributed by atoms with Gasteiger partial charge in [0, 0.05) is 37.8 Å². The first-order valence-corrected chi connectivity index (χ1v) is 8.84. The Kier molecular flexibility index (Phi) is 4.62. The number of aromatic nitrogens is 3. The minimum atomic E-state index is -3.00. The van der Waals surface area contributed by atoms with E-state index >= 15 is 0 Å². The van der Waals surface area contributed by atoms with E-state index in [0.29, 0.717) is 11.4 Å². The first-order chi connectivity index (χ1) is 13.8. The SMILES string of the molecule is [C-]#[N+]c1ccc(Cn2c(N3CCC(F)(F)[C@H](N)C3)nc3cc(F)cc(F)c32)nc1. The van der Waals surface area contributed by atoms with E-state index in [1.807, 2.05) is 0 Å². The second kappa shape index (κ2) is 7.00. The Morgan fingerprint density at radius 3 is 2.72 bits per heavy atom. The maximum Gasteiger partial charge on any atom is 0.266 e. The Labute approximate surface area is 163 Å². The Morgan fingerprint density at radius 2 is 2.07 bits per heavy atom. The van der Waals surface area contributed by atoms with Gasteiger partial charge in [-0.3, -0.25) is 4.98 Å². The van der Waals surface area contributed by atoms with Gasteiger partial charge in [0.15, 0.2) is 5.82 Å². The van der Waals surface area contributed by atoms with Gasteiger partial charge in [-0.05, 0) is 6.07 Å². The van der Waals surface area contributed by atoms with Crippen molar-refractivity contribution in [3.63, 3.8) is 0 Å². The molecule has 0 saturated carbocycles. The molecule has 4 rings (SSSR count). The van der Waals surface area contributed by atoms with Gasteiger partial charge in [0.2, 0.25) is 11.6 Å². The largest absolute Gasteiger partial charge is 0.340 e. The van der Waals surface area contributed by atoms with Gasteiger partial charge >= 0.3 is 0 Å². The van der Waals surface area contributed by atoms with Gasteiger partial charge in [0.05, 0.1) is 30.4 Å². The highest BCUT2D eigenvalue weighted by atomic mass is 19.3. The predicted octanol–water partition coefficient (Wildman–Crippen LogP) is 3.48. The molecule has 2 aromatic heterocycles. The predicted molar refractivity (Wildman–Crippen MR) is 99.0 cm³/mol. The van der Waals surface area contributed by atoms with Gasteiger partial charge in [0.1, 0.15) is 11.3 Å². The summed E-state index contributed by atoms with van der Waals surface area (Å²) in [5.74, 6) is -4.38. The number of piperidine rings is 1. The molecule has 10 heteroatoms. The van der Waals surface area contributed by atoms with Crippen LogP contribution in [0.25, 0.3) is 15.9 Å². The highest BCUT2D eigenvalue weighted by Gasteiger charge is 2.43. The molecule has 1 aliphatic heterocycles. The summed E-state index contributed by atoms with van der Waals surface area (Å²) in [6, 6.07) is 3.62. The van der Waals surface area contributed by atoms with E-state index in [1.54, 1.807) is 17.0 Å². The summed E-state index contributed by atoms with van der Waals surface area (Å²) < 4.78 is 57.4. The zero-order chi connectivity index (χ0) is 20.8. The van der Waals surface area contributed by atoms with Crippen molar-refractivity contribution in [3.8, 4) is 0 Å². The summed E-state index contributed by atoms with van der Waals surface area (Å²) in [7, 11) is 0. The fourth-order valence-electron chi connectivity index (χ4n) is 3.42. The van der Waals surface area contributed by atoms with Crippen LogP contribution in [0.5, 0.6) is 0 Å². The standard InChI is InChI=1S/C19H16F4N6/c1-25-12-2-3-13(26-8-12)9-29-17-14(21)6-11(20)7-15(17)27-18(29)28-5-4-19(22,23)16(24)10-28/h2-3,6-8,16H,4-5,9-10,24H2/t16-/m1/s1. The van der Waals surface area contributed by atoms with E-state index in [1.165, 1.54) is 10.8 Å². The van der Waals surface area contributed by atoms with Crippen LogP contribution >= 0.6 is 0 Å².